The lowest BCUT2D eigenvalue weighted by Gasteiger charge is -2.43. The molecule has 0 atom stereocenters. The van der Waals surface area contributed by atoms with Crippen LogP contribution in [0.3, 0.4) is 0 Å². The molecule has 0 saturated carbocycles. The Kier molecular flexibility index (Phi) is 4.48. The van der Waals surface area contributed by atoms with Crippen LogP contribution in [0.15, 0.2) is 17.6 Å². The summed E-state index contributed by atoms with van der Waals surface area (Å²) in [6, 6.07) is 0. The number of hydrogen-bond acceptors (Lipinski definition) is 5. The van der Waals surface area contributed by atoms with Crippen molar-refractivity contribution in [3.63, 3.8) is 0 Å². The van der Waals surface area contributed by atoms with Gasteiger partial charge in [-0.05, 0) is 20.9 Å². The van der Waals surface area contributed by atoms with Crippen molar-refractivity contribution in [3.8, 4) is 0 Å². The molecule has 1 aliphatic rings. The van der Waals surface area contributed by atoms with Crippen molar-refractivity contribution in [2.24, 2.45) is 0 Å². The Balaban J connectivity index is 1.95. The average molecular weight is 301 g/mol. The third-order valence-corrected chi connectivity index (χ3v) is 5.14. The molecule has 0 aromatic carbocycles. The highest BCUT2D eigenvalue weighted by Gasteiger charge is 2.30. The fraction of sp³-hybridized carbons (Fsp3) is 0.750. The largest absolute Gasteiger partial charge is 0.335 e. The lowest BCUT2D eigenvalue weighted by molar-refractivity contribution is 0.0652. The molecular weight excluding hydrogens is 278 g/mol. The molecule has 114 valence electrons. The fourth-order valence-corrected chi connectivity index (χ4v) is 3.37. The molecule has 0 radical (unpaired) electrons. The maximum Gasteiger partial charge on any atom is 0.257 e. The topological polar surface area (TPSA) is 81.3 Å². The highest BCUT2D eigenvalue weighted by molar-refractivity contribution is 7.89. The fourth-order valence-electron chi connectivity index (χ4n) is 2.26. The van der Waals surface area contributed by atoms with Crippen LogP contribution in [0, 0.1) is 0 Å². The lowest BCUT2D eigenvalue weighted by atomic mass is 10.0. The van der Waals surface area contributed by atoms with E-state index in [4.69, 9.17) is 0 Å². The zero-order valence-electron chi connectivity index (χ0n) is 12.3. The molecule has 8 heteroatoms. The number of nitrogens with one attached hydrogen (secondary N) is 2. The van der Waals surface area contributed by atoms with Crippen molar-refractivity contribution < 1.29 is 8.42 Å². The molecule has 7 nitrogen and oxygen atoms in total. The first kappa shape index (κ1) is 15.4. The van der Waals surface area contributed by atoms with Gasteiger partial charge in [-0.15, -0.1) is 0 Å². The van der Waals surface area contributed by atoms with Gasteiger partial charge in [-0.25, -0.2) is 18.1 Å². The van der Waals surface area contributed by atoms with Crippen molar-refractivity contribution in [1.82, 2.24) is 24.5 Å². The predicted octanol–water partition coefficient (Wildman–Crippen LogP) is -0.286. The van der Waals surface area contributed by atoms with E-state index in [0.717, 1.165) is 26.2 Å². The first-order valence-corrected chi connectivity index (χ1v) is 8.21. The summed E-state index contributed by atoms with van der Waals surface area (Å²) in [4.78, 5) is 11.0. The van der Waals surface area contributed by atoms with Gasteiger partial charge in [0.1, 0.15) is 0 Å². The number of imidazole rings is 1. The highest BCUT2D eigenvalue weighted by Crippen LogP contribution is 2.16. The first-order chi connectivity index (χ1) is 9.31. The number of likely N-dealkylation sites (N-methyl/N-ethyl adjacent to an activating group) is 1. The smallest absolute Gasteiger partial charge is 0.257 e. The van der Waals surface area contributed by atoms with E-state index in [0.29, 0.717) is 6.54 Å². The molecule has 2 rings (SSSR count). The van der Waals surface area contributed by atoms with Gasteiger partial charge in [0.05, 0.1) is 12.5 Å². The second-order valence-electron chi connectivity index (χ2n) is 5.84. The summed E-state index contributed by atoms with van der Waals surface area (Å²) < 4.78 is 26.8. The summed E-state index contributed by atoms with van der Waals surface area (Å²) in [6.45, 7) is 8.43. The van der Waals surface area contributed by atoms with Crippen LogP contribution in [0.2, 0.25) is 0 Å². The van der Waals surface area contributed by atoms with Gasteiger partial charge in [0.2, 0.25) is 0 Å². The number of H-pyrrole nitrogens is 1. The van der Waals surface area contributed by atoms with Crippen molar-refractivity contribution in [2.45, 2.75) is 24.4 Å². The Bertz CT molecular complexity index is 518. The van der Waals surface area contributed by atoms with Crippen LogP contribution >= 0.6 is 0 Å². The molecule has 0 bridgehead atoms. The maximum absolute atomic E-state index is 12.1. The molecule has 1 aliphatic heterocycles. The molecule has 2 heterocycles. The van der Waals surface area contributed by atoms with Crippen LogP contribution in [0.1, 0.15) is 13.8 Å². The minimum atomic E-state index is -3.50. The summed E-state index contributed by atoms with van der Waals surface area (Å²) in [5.74, 6) is 0. The average Bonchev–Trinajstić information content (AvgIpc) is 2.92. The Morgan fingerprint density at radius 2 is 2.00 bits per heavy atom. The van der Waals surface area contributed by atoms with E-state index < -0.39 is 10.0 Å². The number of piperazine rings is 1. The number of aromatic nitrogens is 2. The van der Waals surface area contributed by atoms with E-state index in [1.54, 1.807) is 0 Å². The van der Waals surface area contributed by atoms with Gasteiger partial charge < -0.3 is 9.88 Å². The molecule has 1 aromatic heterocycles. The molecule has 20 heavy (non-hydrogen) atoms. The van der Waals surface area contributed by atoms with Crippen molar-refractivity contribution in [2.75, 3.05) is 39.8 Å². The standard InChI is InChI=1S/C12H23N5O2S/c1-12(2,17-6-4-16(3)5-7-17)9-15-20(18,19)11-8-13-10-14-11/h8,10,15H,4-7,9H2,1-3H3,(H,13,14). The molecule has 0 unspecified atom stereocenters. The van der Waals surface area contributed by atoms with E-state index >= 15 is 0 Å². The van der Waals surface area contributed by atoms with E-state index in [1.165, 1.54) is 12.5 Å². The number of aromatic amines is 1. The highest BCUT2D eigenvalue weighted by atomic mass is 32.2. The number of rotatable bonds is 5. The van der Waals surface area contributed by atoms with Crippen LogP contribution < -0.4 is 4.72 Å². The predicted molar refractivity (Wildman–Crippen MR) is 76.9 cm³/mol. The number of nitrogens with zero attached hydrogens (tertiary/aromatic N) is 3. The third-order valence-electron chi connectivity index (χ3n) is 3.82. The SMILES string of the molecule is CN1CCN(C(C)(C)CNS(=O)(=O)c2cnc[nH]2)CC1. The van der Waals surface area contributed by atoms with Crippen LogP contribution in [0.5, 0.6) is 0 Å². The van der Waals surface area contributed by atoms with Gasteiger partial charge in [-0.3, -0.25) is 4.90 Å². The van der Waals surface area contributed by atoms with Gasteiger partial charge in [-0.2, -0.15) is 0 Å². The Labute approximate surface area is 120 Å². The van der Waals surface area contributed by atoms with Crippen LogP contribution in [0.25, 0.3) is 0 Å². The molecule has 0 amide bonds. The maximum atomic E-state index is 12.1. The summed E-state index contributed by atoms with van der Waals surface area (Å²) >= 11 is 0. The Morgan fingerprint density at radius 1 is 1.35 bits per heavy atom. The molecule has 1 aromatic rings. The van der Waals surface area contributed by atoms with E-state index in [-0.39, 0.29) is 10.6 Å². The monoisotopic (exact) mass is 301 g/mol. The quantitative estimate of drug-likeness (QED) is 0.781. The van der Waals surface area contributed by atoms with Crippen molar-refractivity contribution in [1.29, 1.82) is 0 Å². The molecular formula is C12H23N5O2S. The van der Waals surface area contributed by atoms with Gasteiger partial charge in [0.15, 0.2) is 5.03 Å². The van der Waals surface area contributed by atoms with Crippen LogP contribution in [-0.4, -0.2) is 73.5 Å². The zero-order valence-corrected chi connectivity index (χ0v) is 13.1. The molecule has 1 fully saturated rings. The first-order valence-electron chi connectivity index (χ1n) is 6.73. The minimum absolute atomic E-state index is 0.103. The van der Waals surface area contributed by atoms with E-state index in [1.807, 2.05) is 0 Å². The second kappa shape index (κ2) is 5.80. The molecule has 2 N–H and O–H groups in total. The second-order valence-corrected chi connectivity index (χ2v) is 7.58. The van der Waals surface area contributed by atoms with Crippen LogP contribution in [-0.2, 0) is 10.0 Å². The van der Waals surface area contributed by atoms with Gasteiger partial charge >= 0.3 is 0 Å². The normalized spacial score (nSPS) is 19.4. The molecule has 0 spiro atoms. The van der Waals surface area contributed by atoms with Crippen LogP contribution in [0.4, 0.5) is 0 Å². The molecule has 0 aliphatic carbocycles. The Morgan fingerprint density at radius 3 is 2.55 bits per heavy atom. The summed E-state index contributed by atoms with van der Waals surface area (Å²) in [5.41, 5.74) is -0.214. The summed E-state index contributed by atoms with van der Waals surface area (Å²) in [5, 5.41) is 0.103. The third kappa shape index (κ3) is 3.57. The number of sulfonamides is 1. The molecule has 1 saturated heterocycles. The van der Waals surface area contributed by atoms with E-state index in [2.05, 4.69) is 45.4 Å². The summed E-state index contributed by atoms with van der Waals surface area (Å²) in [7, 11) is -1.40. The van der Waals surface area contributed by atoms with E-state index in [9.17, 15) is 8.42 Å². The minimum Gasteiger partial charge on any atom is -0.335 e. The van der Waals surface area contributed by atoms with Crippen molar-refractivity contribution >= 4 is 10.0 Å². The lowest BCUT2D eigenvalue weighted by Crippen LogP contribution is -2.57. The number of hydrogen-bond donors (Lipinski definition) is 2. The van der Waals surface area contributed by atoms with Gasteiger partial charge in [0, 0.05) is 38.3 Å². The van der Waals surface area contributed by atoms with Gasteiger partial charge in [0.25, 0.3) is 10.0 Å². The van der Waals surface area contributed by atoms with Gasteiger partial charge in [-0.1, -0.05) is 0 Å². The Hall–Kier alpha value is -0.960. The zero-order chi connectivity index (χ0) is 14.8. The summed E-state index contributed by atoms with van der Waals surface area (Å²) in [6.07, 6.45) is 2.67. The van der Waals surface area contributed by atoms with Crippen molar-refractivity contribution in [3.05, 3.63) is 12.5 Å².